The average Bonchev–Trinajstić information content (AvgIpc) is 3.36. The van der Waals surface area contributed by atoms with Gasteiger partial charge in [0.05, 0.1) is 23.6 Å². The van der Waals surface area contributed by atoms with Gasteiger partial charge < -0.3 is 19.7 Å². The number of carbonyl (C=O) groups is 1. The van der Waals surface area contributed by atoms with Gasteiger partial charge in [0, 0.05) is 30.4 Å². The van der Waals surface area contributed by atoms with Crippen molar-refractivity contribution in [1.82, 2.24) is 10.2 Å². The molecule has 38 heavy (non-hydrogen) atoms. The molecule has 3 aromatic rings. The normalized spacial score (nSPS) is 16.3. The Bertz CT molecular complexity index is 1400. The van der Waals surface area contributed by atoms with Gasteiger partial charge in [0.1, 0.15) is 11.6 Å². The minimum absolute atomic E-state index is 0.548. The summed E-state index contributed by atoms with van der Waals surface area (Å²) in [4.78, 5) is 19.0. The fourth-order valence-corrected chi connectivity index (χ4v) is 5.36. The number of aliphatic imine (C=N–C) groups is 1. The molecule has 0 aromatic heterocycles. The average molecular weight is 529 g/mol. The van der Waals surface area contributed by atoms with Crippen LogP contribution in [-0.2, 0) is 4.79 Å². The standard InChI is InChI=1S/C30H32N4O3S/c1-32-30(33-15-14-23-7-6-16-34(23)2)29(38-20-35)18-21-10-12-27(28(17-21)36-3)37-26-13-11-22(19-31)24-8-4-5-9-25(24)26/h4-5,8-13,17-18,20,23H,6-7,14-16H2,1-3H3,(H,32,33)/b29-18-. The smallest absolute Gasteiger partial charge is 0.181 e. The summed E-state index contributed by atoms with van der Waals surface area (Å²) in [5, 5.41) is 14.5. The zero-order valence-electron chi connectivity index (χ0n) is 21.9. The Hall–Kier alpha value is -3.80. The summed E-state index contributed by atoms with van der Waals surface area (Å²) >= 11 is 1.09. The van der Waals surface area contributed by atoms with Crippen LogP contribution in [-0.4, -0.2) is 56.7 Å². The van der Waals surface area contributed by atoms with Crippen molar-refractivity contribution in [3.05, 3.63) is 70.6 Å². The molecular weight excluding hydrogens is 496 g/mol. The Balaban J connectivity index is 1.55. The third kappa shape index (κ3) is 6.36. The number of hydrogen-bond donors (Lipinski definition) is 1. The molecule has 1 fully saturated rings. The van der Waals surface area contributed by atoms with E-state index in [9.17, 15) is 10.1 Å². The second-order valence-corrected chi connectivity index (χ2v) is 9.94. The number of nitrogens with one attached hydrogen (secondary N) is 1. The molecule has 4 rings (SSSR count). The second-order valence-electron chi connectivity index (χ2n) is 9.07. The summed E-state index contributed by atoms with van der Waals surface area (Å²) in [6, 6.07) is 19.6. The predicted molar refractivity (Wildman–Crippen MR) is 156 cm³/mol. The van der Waals surface area contributed by atoms with Gasteiger partial charge in [0.25, 0.3) is 0 Å². The fraction of sp³-hybridized carbons (Fsp3) is 0.300. The van der Waals surface area contributed by atoms with Crippen LogP contribution in [0.4, 0.5) is 0 Å². The van der Waals surface area contributed by atoms with Crippen LogP contribution >= 0.6 is 11.8 Å². The lowest BCUT2D eigenvalue weighted by Crippen LogP contribution is -2.32. The van der Waals surface area contributed by atoms with Gasteiger partial charge >= 0.3 is 0 Å². The van der Waals surface area contributed by atoms with Crippen molar-refractivity contribution in [2.24, 2.45) is 4.99 Å². The maximum atomic E-state index is 11.5. The number of fused-ring (bicyclic) bond motifs is 1. The third-order valence-electron chi connectivity index (χ3n) is 6.78. The monoisotopic (exact) mass is 528 g/mol. The van der Waals surface area contributed by atoms with Crippen LogP contribution in [0.3, 0.4) is 0 Å². The van der Waals surface area contributed by atoms with Crippen LogP contribution in [0.25, 0.3) is 16.8 Å². The number of rotatable bonds is 10. The lowest BCUT2D eigenvalue weighted by atomic mass is 10.0. The predicted octanol–water partition coefficient (Wildman–Crippen LogP) is 5.88. The van der Waals surface area contributed by atoms with Crippen molar-refractivity contribution in [3.63, 3.8) is 0 Å². The molecule has 0 saturated carbocycles. The first-order valence-electron chi connectivity index (χ1n) is 12.6. The van der Waals surface area contributed by atoms with E-state index in [0.717, 1.165) is 58.1 Å². The number of hydrogen-bond acceptors (Lipinski definition) is 7. The summed E-state index contributed by atoms with van der Waals surface area (Å²) in [6.07, 6.45) is 5.40. The number of likely N-dealkylation sites (tertiary alicyclic amines) is 1. The van der Waals surface area contributed by atoms with Gasteiger partial charge in [-0.15, -0.1) is 0 Å². The van der Waals surface area contributed by atoms with E-state index in [-0.39, 0.29) is 0 Å². The summed E-state index contributed by atoms with van der Waals surface area (Å²) in [5.41, 5.74) is 2.26. The van der Waals surface area contributed by atoms with Crippen LogP contribution in [0.15, 0.2) is 64.5 Å². The molecule has 8 heteroatoms. The van der Waals surface area contributed by atoms with E-state index in [1.165, 1.54) is 12.8 Å². The fourth-order valence-electron chi connectivity index (χ4n) is 4.77. The molecule has 0 spiro atoms. The van der Waals surface area contributed by atoms with Crippen molar-refractivity contribution in [3.8, 4) is 23.3 Å². The molecule has 0 aliphatic carbocycles. The molecule has 0 radical (unpaired) electrons. The topological polar surface area (TPSA) is 86.9 Å². The molecule has 1 saturated heterocycles. The van der Waals surface area contributed by atoms with Crippen molar-refractivity contribution >= 4 is 40.1 Å². The molecule has 1 unspecified atom stereocenters. The van der Waals surface area contributed by atoms with Gasteiger partial charge in [0.2, 0.25) is 0 Å². The van der Waals surface area contributed by atoms with E-state index >= 15 is 0 Å². The van der Waals surface area contributed by atoms with Gasteiger partial charge in [-0.25, -0.2) is 0 Å². The second kappa shape index (κ2) is 13.1. The minimum atomic E-state index is 0.548. The highest BCUT2D eigenvalue weighted by atomic mass is 32.2. The van der Waals surface area contributed by atoms with Crippen LogP contribution in [0.2, 0.25) is 0 Å². The zero-order valence-corrected chi connectivity index (χ0v) is 22.8. The number of thioether (sulfide) groups is 1. The van der Waals surface area contributed by atoms with Crippen LogP contribution in [0.5, 0.6) is 17.2 Å². The van der Waals surface area contributed by atoms with Crippen LogP contribution in [0.1, 0.15) is 30.4 Å². The number of amidine groups is 1. The summed E-state index contributed by atoms with van der Waals surface area (Å²) in [6.45, 7) is 1.93. The maximum absolute atomic E-state index is 11.5. The van der Waals surface area contributed by atoms with Gasteiger partial charge in [-0.05, 0) is 68.8 Å². The molecule has 1 aliphatic heterocycles. The van der Waals surface area contributed by atoms with E-state index < -0.39 is 0 Å². The largest absolute Gasteiger partial charge is 0.493 e. The molecule has 1 heterocycles. The molecule has 3 aromatic carbocycles. The number of nitriles is 1. The van der Waals surface area contributed by atoms with E-state index in [0.29, 0.717) is 34.7 Å². The number of nitrogens with zero attached hydrogens (tertiary/aromatic N) is 3. The quantitative estimate of drug-likeness (QED) is 0.200. The lowest BCUT2D eigenvalue weighted by molar-refractivity contribution is 0.297. The van der Waals surface area contributed by atoms with Crippen LogP contribution in [0, 0.1) is 11.3 Å². The van der Waals surface area contributed by atoms with Gasteiger partial charge in [-0.3, -0.25) is 9.79 Å². The lowest BCUT2D eigenvalue weighted by Gasteiger charge is -2.20. The summed E-state index contributed by atoms with van der Waals surface area (Å²) in [5.74, 6) is 2.42. The molecule has 7 nitrogen and oxygen atoms in total. The Labute approximate surface area is 228 Å². The van der Waals surface area contributed by atoms with E-state index in [4.69, 9.17) is 9.47 Å². The molecule has 196 valence electrons. The number of carbonyl (C=O) groups excluding carboxylic acids is 1. The van der Waals surface area contributed by atoms with Gasteiger partial charge in [0.15, 0.2) is 17.1 Å². The first kappa shape index (κ1) is 27.2. The third-order valence-corrected chi connectivity index (χ3v) is 7.44. The molecule has 1 N–H and O–H groups in total. The minimum Gasteiger partial charge on any atom is -0.493 e. The SMILES string of the molecule is CN=C(NCCC1CCCN1C)/C(=C/c1ccc(Oc2ccc(C#N)c3ccccc23)c(OC)c1)SC=O. The van der Waals surface area contributed by atoms with Crippen molar-refractivity contribution < 1.29 is 14.3 Å². The van der Waals surface area contributed by atoms with Crippen molar-refractivity contribution in [2.75, 3.05) is 34.3 Å². The summed E-state index contributed by atoms with van der Waals surface area (Å²) in [7, 11) is 5.49. The Morgan fingerprint density at radius 1 is 1.18 bits per heavy atom. The van der Waals surface area contributed by atoms with Gasteiger partial charge in [-0.2, -0.15) is 5.26 Å². The van der Waals surface area contributed by atoms with Crippen molar-refractivity contribution in [2.45, 2.75) is 25.3 Å². The maximum Gasteiger partial charge on any atom is 0.181 e. The summed E-state index contributed by atoms with van der Waals surface area (Å²) < 4.78 is 11.9. The van der Waals surface area contributed by atoms with Gasteiger partial charge in [-0.1, -0.05) is 42.1 Å². The highest BCUT2D eigenvalue weighted by molar-refractivity contribution is 8.16. The first-order chi connectivity index (χ1) is 18.6. The van der Waals surface area contributed by atoms with E-state index in [2.05, 4.69) is 28.3 Å². The molecule has 0 bridgehead atoms. The van der Waals surface area contributed by atoms with E-state index in [1.807, 2.05) is 48.5 Å². The Morgan fingerprint density at radius 3 is 2.66 bits per heavy atom. The highest BCUT2D eigenvalue weighted by Gasteiger charge is 2.20. The molecule has 1 atom stereocenters. The first-order valence-corrected chi connectivity index (χ1v) is 13.5. The number of methoxy groups -OCH3 is 1. The van der Waals surface area contributed by atoms with Crippen LogP contribution < -0.4 is 14.8 Å². The molecule has 1 aliphatic rings. The Kier molecular flexibility index (Phi) is 9.41. The molecule has 0 amide bonds. The Morgan fingerprint density at radius 2 is 1.97 bits per heavy atom. The number of ether oxygens (including phenoxy) is 2. The van der Waals surface area contributed by atoms with Crippen molar-refractivity contribution in [1.29, 1.82) is 5.26 Å². The van der Waals surface area contributed by atoms with E-state index in [1.54, 1.807) is 26.3 Å². The molecular formula is C30H32N4O3S. The zero-order chi connectivity index (χ0) is 26.9. The number of benzene rings is 3. The highest BCUT2D eigenvalue weighted by Crippen LogP contribution is 2.37.